The molecule has 66 valence electrons. The summed E-state index contributed by atoms with van der Waals surface area (Å²) >= 11 is 0. The van der Waals surface area contributed by atoms with Crippen molar-refractivity contribution in [3.63, 3.8) is 0 Å². The number of esters is 1. The van der Waals surface area contributed by atoms with Gasteiger partial charge in [-0.25, -0.2) is 0 Å². The van der Waals surface area contributed by atoms with Crippen LogP contribution in [0.15, 0.2) is 0 Å². The number of hydrogen-bond acceptors (Lipinski definition) is 4. The second-order valence-corrected chi connectivity index (χ2v) is 2.72. The third-order valence-electron chi connectivity index (χ3n) is 1.39. The number of carbonyl (C=O) groups is 1. The molecule has 0 aliphatic heterocycles. The molecule has 0 aromatic heterocycles. The summed E-state index contributed by atoms with van der Waals surface area (Å²) in [7, 11) is 5.21. The highest BCUT2D eigenvalue weighted by atomic mass is 16.5. The predicted molar refractivity (Wildman–Crippen MR) is 43.2 cm³/mol. The van der Waals surface area contributed by atoms with Crippen molar-refractivity contribution in [2.24, 2.45) is 5.73 Å². The first-order valence-electron chi connectivity index (χ1n) is 3.56. The molecular weight excluding hydrogens is 144 g/mol. The summed E-state index contributed by atoms with van der Waals surface area (Å²) in [6.07, 6.45) is 0.639. The van der Waals surface area contributed by atoms with E-state index in [0.29, 0.717) is 6.42 Å². The molecule has 0 unspecified atom stereocenters. The van der Waals surface area contributed by atoms with Gasteiger partial charge < -0.3 is 15.4 Å². The van der Waals surface area contributed by atoms with Crippen molar-refractivity contribution in [2.75, 3.05) is 27.7 Å². The van der Waals surface area contributed by atoms with E-state index in [1.165, 1.54) is 7.11 Å². The summed E-state index contributed by atoms with van der Waals surface area (Å²) < 4.78 is 4.46. The van der Waals surface area contributed by atoms with Gasteiger partial charge in [-0.05, 0) is 27.1 Å². The Morgan fingerprint density at radius 1 is 1.64 bits per heavy atom. The summed E-state index contributed by atoms with van der Waals surface area (Å²) in [5, 5.41) is 0. The Labute approximate surface area is 67.3 Å². The maximum Gasteiger partial charge on any atom is 0.322 e. The number of ether oxygens (including phenoxy) is 1. The Morgan fingerprint density at radius 3 is 2.55 bits per heavy atom. The third-order valence-corrected chi connectivity index (χ3v) is 1.39. The lowest BCUT2D eigenvalue weighted by Crippen LogP contribution is -2.34. The monoisotopic (exact) mass is 160 g/mol. The SMILES string of the molecule is COC(=O)[C@@H](N)CCN(C)C. The molecule has 0 aliphatic carbocycles. The lowest BCUT2D eigenvalue weighted by molar-refractivity contribution is -0.142. The largest absolute Gasteiger partial charge is 0.468 e. The summed E-state index contributed by atoms with van der Waals surface area (Å²) in [6.45, 7) is 0.802. The minimum Gasteiger partial charge on any atom is -0.468 e. The highest BCUT2D eigenvalue weighted by Crippen LogP contribution is 1.91. The number of nitrogens with two attached hydrogens (primary N) is 1. The van der Waals surface area contributed by atoms with Crippen LogP contribution in [0.2, 0.25) is 0 Å². The highest BCUT2D eigenvalue weighted by molar-refractivity contribution is 5.75. The summed E-state index contributed by atoms with van der Waals surface area (Å²) in [5.74, 6) is -0.341. The van der Waals surface area contributed by atoms with Gasteiger partial charge in [0.15, 0.2) is 0 Å². The second-order valence-electron chi connectivity index (χ2n) is 2.72. The maximum absolute atomic E-state index is 10.8. The Morgan fingerprint density at radius 2 is 2.18 bits per heavy atom. The Balaban J connectivity index is 3.52. The van der Waals surface area contributed by atoms with Crippen molar-refractivity contribution in [1.29, 1.82) is 0 Å². The standard InChI is InChI=1S/C7H16N2O2/c1-9(2)5-4-6(8)7(10)11-3/h6H,4-5,8H2,1-3H3/t6-/m0/s1. The molecule has 0 aromatic rings. The average Bonchev–Trinajstić information content (AvgIpc) is 1.98. The predicted octanol–water partition coefficient (Wildman–Crippen LogP) is -0.562. The average molecular weight is 160 g/mol. The first kappa shape index (κ1) is 10.4. The number of rotatable bonds is 4. The van der Waals surface area contributed by atoms with Crippen LogP contribution in [0.5, 0.6) is 0 Å². The van der Waals surface area contributed by atoms with Crippen molar-refractivity contribution in [2.45, 2.75) is 12.5 Å². The van der Waals surface area contributed by atoms with Crippen LogP contribution < -0.4 is 5.73 Å². The molecule has 0 heterocycles. The molecule has 0 saturated carbocycles. The van der Waals surface area contributed by atoms with Crippen molar-refractivity contribution in [3.8, 4) is 0 Å². The smallest absolute Gasteiger partial charge is 0.322 e. The minimum absolute atomic E-state index is 0.341. The fourth-order valence-electron chi connectivity index (χ4n) is 0.667. The Bertz CT molecular complexity index is 126. The third kappa shape index (κ3) is 4.75. The lowest BCUT2D eigenvalue weighted by Gasteiger charge is -2.12. The van der Waals surface area contributed by atoms with E-state index in [1.54, 1.807) is 0 Å². The number of nitrogens with zero attached hydrogens (tertiary/aromatic N) is 1. The molecule has 11 heavy (non-hydrogen) atoms. The zero-order chi connectivity index (χ0) is 8.85. The van der Waals surface area contributed by atoms with E-state index in [1.807, 2.05) is 19.0 Å². The van der Waals surface area contributed by atoms with Gasteiger partial charge in [-0.3, -0.25) is 4.79 Å². The van der Waals surface area contributed by atoms with E-state index in [9.17, 15) is 4.79 Å². The van der Waals surface area contributed by atoms with Gasteiger partial charge in [-0.1, -0.05) is 0 Å². The van der Waals surface area contributed by atoms with E-state index in [0.717, 1.165) is 6.54 Å². The normalized spacial score (nSPS) is 13.2. The molecule has 4 nitrogen and oxygen atoms in total. The van der Waals surface area contributed by atoms with Crippen LogP contribution in [0.4, 0.5) is 0 Å². The zero-order valence-corrected chi connectivity index (χ0v) is 7.33. The molecular formula is C7H16N2O2. The molecule has 2 N–H and O–H groups in total. The number of methoxy groups -OCH3 is 1. The van der Waals surface area contributed by atoms with Gasteiger partial charge in [0, 0.05) is 0 Å². The van der Waals surface area contributed by atoms with Crippen LogP contribution >= 0.6 is 0 Å². The molecule has 4 heteroatoms. The Hall–Kier alpha value is -0.610. The zero-order valence-electron chi connectivity index (χ0n) is 7.33. The van der Waals surface area contributed by atoms with E-state index in [2.05, 4.69) is 4.74 Å². The molecule has 0 saturated heterocycles. The first-order valence-corrected chi connectivity index (χ1v) is 3.56. The minimum atomic E-state index is -0.484. The molecule has 0 amide bonds. The molecule has 0 spiro atoms. The highest BCUT2D eigenvalue weighted by Gasteiger charge is 2.12. The van der Waals surface area contributed by atoms with E-state index in [-0.39, 0.29) is 5.97 Å². The van der Waals surface area contributed by atoms with Crippen LogP contribution in [0.3, 0.4) is 0 Å². The number of hydrogen-bond donors (Lipinski definition) is 1. The van der Waals surface area contributed by atoms with Gasteiger partial charge in [-0.15, -0.1) is 0 Å². The van der Waals surface area contributed by atoms with Crippen LogP contribution in [-0.4, -0.2) is 44.7 Å². The van der Waals surface area contributed by atoms with Crippen LogP contribution in [0.1, 0.15) is 6.42 Å². The van der Waals surface area contributed by atoms with Crippen molar-refractivity contribution in [3.05, 3.63) is 0 Å². The summed E-state index contributed by atoms with van der Waals surface area (Å²) in [5.41, 5.74) is 5.47. The molecule has 0 aromatic carbocycles. The fourth-order valence-corrected chi connectivity index (χ4v) is 0.667. The van der Waals surface area contributed by atoms with Gasteiger partial charge in [0.05, 0.1) is 7.11 Å². The van der Waals surface area contributed by atoms with Crippen molar-refractivity contribution < 1.29 is 9.53 Å². The molecule has 0 rings (SSSR count). The lowest BCUT2D eigenvalue weighted by atomic mass is 10.2. The maximum atomic E-state index is 10.8. The second kappa shape index (κ2) is 5.09. The van der Waals surface area contributed by atoms with Crippen LogP contribution in [-0.2, 0) is 9.53 Å². The van der Waals surface area contributed by atoms with Gasteiger partial charge in [0.2, 0.25) is 0 Å². The van der Waals surface area contributed by atoms with Crippen molar-refractivity contribution in [1.82, 2.24) is 4.90 Å². The summed E-state index contributed by atoms with van der Waals surface area (Å²) in [6, 6.07) is -0.484. The quantitative estimate of drug-likeness (QED) is 0.560. The van der Waals surface area contributed by atoms with Crippen molar-refractivity contribution >= 4 is 5.97 Å². The molecule has 0 fully saturated rings. The molecule has 0 bridgehead atoms. The molecule has 0 radical (unpaired) electrons. The van der Waals surface area contributed by atoms with Gasteiger partial charge in [-0.2, -0.15) is 0 Å². The molecule has 1 atom stereocenters. The first-order chi connectivity index (χ1) is 5.07. The Kier molecular flexibility index (Phi) is 4.81. The van der Waals surface area contributed by atoms with Crippen LogP contribution in [0.25, 0.3) is 0 Å². The summed E-state index contributed by atoms with van der Waals surface area (Å²) in [4.78, 5) is 12.7. The number of carbonyl (C=O) groups excluding carboxylic acids is 1. The van der Waals surface area contributed by atoms with Crippen LogP contribution in [0, 0.1) is 0 Å². The van der Waals surface area contributed by atoms with E-state index < -0.39 is 6.04 Å². The van der Waals surface area contributed by atoms with E-state index in [4.69, 9.17) is 5.73 Å². The van der Waals surface area contributed by atoms with Gasteiger partial charge in [0.1, 0.15) is 6.04 Å². The van der Waals surface area contributed by atoms with Gasteiger partial charge >= 0.3 is 5.97 Å². The fraction of sp³-hybridized carbons (Fsp3) is 0.857. The molecule has 0 aliphatic rings. The topological polar surface area (TPSA) is 55.6 Å². The van der Waals surface area contributed by atoms with Gasteiger partial charge in [0.25, 0.3) is 0 Å². The van der Waals surface area contributed by atoms with E-state index >= 15 is 0 Å².